The van der Waals surface area contributed by atoms with Crippen LogP contribution < -0.4 is 0 Å². The molecule has 4 atom stereocenters. The summed E-state index contributed by atoms with van der Waals surface area (Å²) in [6, 6.07) is 9.40. The molecule has 22 heavy (non-hydrogen) atoms. The topological polar surface area (TPSA) is 15.8 Å². The molecular formula is C19H22ClN2+. The highest BCUT2D eigenvalue weighted by atomic mass is 35.5. The second kappa shape index (κ2) is 4.39. The van der Waals surface area contributed by atoms with E-state index in [4.69, 9.17) is 11.6 Å². The number of para-hydroxylation sites is 1. The summed E-state index contributed by atoms with van der Waals surface area (Å²) in [5, 5.41) is 2.52. The van der Waals surface area contributed by atoms with Crippen LogP contribution in [-0.2, 0) is 6.42 Å². The van der Waals surface area contributed by atoms with Crippen LogP contribution in [0.25, 0.3) is 10.9 Å². The Morgan fingerprint density at radius 1 is 1.27 bits per heavy atom. The molecule has 2 aromatic rings. The molecule has 1 fully saturated rings. The third-order valence-electron chi connectivity index (χ3n) is 6.42. The van der Waals surface area contributed by atoms with Crippen LogP contribution in [0, 0.1) is 11.8 Å². The van der Waals surface area contributed by atoms with Crippen molar-refractivity contribution in [1.82, 2.24) is 4.98 Å². The highest BCUT2D eigenvalue weighted by Crippen LogP contribution is 2.54. The first-order chi connectivity index (χ1) is 10.7. The van der Waals surface area contributed by atoms with Crippen LogP contribution in [0.3, 0.4) is 0 Å². The number of halogens is 1. The summed E-state index contributed by atoms with van der Waals surface area (Å²) >= 11 is 6.41. The molecule has 0 bridgehead atoms. The van der Waals surface area contributed by atoms with Gasteiger partial charge in [0.05, 0.1) is 25.8 Å². The van der Waals surface area contributed by atoms with Gasteiger partial charge in [-0.3, -0.25) is 0 Å². The Kier molecular flexibility index (Phi) is 2.64. The predicted molar refractivity (Wildman–Crippen MR) is 90.8 cm³/mol. The highest BCUT2D eigenvalue weighted by Gasteiger charge is 2.55. The molecule has 1 saturated heterocycles. The number of fused-ring (bicyclic) bond motifs is 7. The molecule has 3 heterocycles. The summed E-state index contributed by atoms with van der Waals surface area (Å²) in [5.41, 5.74) is 4.39. The molecule has 1 aliphatic carbocycles. The Morgan fingerprint density at radius 2 is 2.14 bits per heavy atom. The lowest BCUT2D eigenvalue weighted by Crippen LogP contribution is -2.48. The number of H-pyrrole nitrogens is 1. The molecule has 1 unspecified atom stereocenters. The number of likely N-dealkylation sites (N-methyl/N-ethyl adjacent to an activating group) is 1. The van der Waals surface area contributed by atoms with Gasteiger partial charge in [0.25, 0.3) is 0 Å². The Hall–Kier alpha value is -1.25. The number of nitrogens with one attached hydrogen (secondary N) is 1. The second-order valence-electron chi connectivity index (χ2n) is 7.66. The fourth-order valence-electron chi connectivity index (χ4n) is 5.49. The van der Waals surface area contributed by atoms with Crippen molar-refractivity contribution >= 4 is 22.5 Å². The number of rotatable bonds is 0. The van der Waals surface area contributed by atoms with Gasteiger partial charge in [0.15, 0.2) is 0 Å². The van der Waals surface area contributed by atoms with Gasteiger partial charge in [-0.05, 0) is 24.5 Å². The largest absolute Gasteiger partial charge is 0.353 e. The van der Waals surface area contributed by atoms with E-state index in [-0.39, 0.29) is 0 Å². The van der Waals surface area contributed by atoms with E-state index in [1.165, 1.54) is 47.0 Å². The average Bonchev–Trinajstić information content (AvgIpc) is 3.01. The molecule has 5 rings (SSSR count). The lowest BCUT2D eigenvalue weighted by Gasteiger charge is -2.41. The van der Waals surface area contributed by atoms with Crippen LogP contribution >= 0.6 is 11.6 Å². The summed E-state index contributed by atoms with van der Waals surface area (Å²) in [4.78, 5) is 3.78. The zero-order valence-corrected chi connectivity index (χ0v) is 13.7. The van der Waals surface area contributed by atoms with E-state index < -0.39 is 0 Å². The maximum absolute atomic E-state index is 6.41. The number of quaternary nitrogens is 1. The smallest absolute Gasteiger partial charge is 0.133 e. The van der Waals surface area contributed by atoms with Gasteiger partial charge in [-0.2, -0.15) is 0 Å². The maximum atomic E-state index is 6.41. The average molecular weight is 314 g/mol. The van der Waals surface area contributed by atoms with Crippen molar-refractivity contribution in [3.05, 3.63) is 46.6 Å². The number of hydrogen-bond donors (Lipinski definition) is 1. The van der Waals surface area contributed by atoms with Crippen LogP contribution in [-0.4, -0.2) is 29.6 Å². The Balaban J connectivity index is 1.69. The zero-order valence-electron chi connectivity index (χ0n) is 13.0. The number of hydrogen-bond acceptors (Lipinski definition) is 0. The molecule has 0 amide bonds. The fraction of sp³-hybridized carbons (Fsp3) is 0.474. The van der Waals surface area contributed by atoms with E-state index in [1.54, 1.807) is 5.56 Å². The highest BCUT2D eigenvalue weighted by molar-refractivity contribution is 6.29. The van der Waals surface area contributed by atoms with Crippen LogP contribution in [0.5, 0.6) is 0 Å². The molecule has 1 aromatic heterocycles. The molecule has 2 nitrogen and oxygen atoms in total. The molecule has 0 radical (unpaired) electrons. The van der Waals surface area contributed by atoms with Crippen molar-refractivity contribution in [3.63, 3.8) is 0 Å². The third kappa shape index (κ3) is 1.65. The minimum atomic E-state index is 0.601. The fourth-order valence-corrected chi connectivity index (χ4v) is 5.75. The van der Waals surface area contributed by atoms with E-state index >= 15 is 0 Å². The van der Waals surface area contributed by atoms with E-state index in [2.05, 4.69) is 42.4 Å². The number of aromatic amines is 1. The number of aromatic nitrogens is 1. The first kappa shape index (κ1) is 13.2. The molecule has 0 saturated carbocycles. The summed E-state index contributed by atoms with van der Waals surface area (Å²) in [7, 11) is 2.46. The van der Waals surface area contributed by atoms with Crippen LogP contribution in [0.15, 0.2) is 35.4 Å². The Labute approximate surface area is 136 Å². The van der Waals surface area contributed by atoms with Crippen molar-refractivity contribution in [2.45, 2.75) is 25.3 Å². The number of nitrogens with zero attached hydrogens (tertiary/aromatic N) is 1. The summed E-state index contributed by atoms with van der Waals surface area (Å²) in [6.45, 7) is 2.58. The van der Waals surface area contributed by atoms with Gasteiger partial charge >= 0.3 is 0 Å². The van der Waals surface area contributed by atoms with Crippen molar-refractivity contribution in [2.24, 2.45) is 11.8 Å². The predicted octanol–water partition coefficient (Wildman–Crippen LogP) is 4.37. The van der Waals surface area contributed by atoms with Crippen molar-refractivity contribution < 1.29 is 4.48 Å². The molecule has 114 valence electrons. The van der Waals surface area contributed by atoms with Gasteiger partial charge in [0, 0.05) is 34.2 Å². The van der Waals surface area contributed by atoms with Crippen molar-refractivity contribution in [3.8, 4) is 0 Å². The second-order valence-corrected chi connectivity index (χ2v) is 8.14. The number of benzene rings is 1. The van der Waals surface area contributed by atoms with Crippen LogP contribution in [0.2, 0.25) is 0 Å². The minimum absolute atomic E-state index is 0.601. The molecular weight excluding hydrogens is 292 g/mol. The number of allylic oxidation sites excluding steroid dienone is 2. The Bertz CT molecular complexity index is 790. The molecule has 0 spiro atoms. The first-order valence-electron chi connectivity index (χ1n) is 8.44. The van der Waals surface area contributed by atoms with Crippen molar-refractivity contribution in [2.75, 3.05) is 20.1 Å². The monoisotopic (exact) mass is 313 g/mol. The third-order valence-corrected chi connectivity index (χ3v) is 6.73. The van der Waals surface area contributed by atoms with Gasteiger partial charge in [-0.25, -0.2) is 0 Å². The molecule has 3 aliphatic rings. The van der Waals surface area contributed by atoms with E-state index in [1.807, 2.05) is 0 Å². The Morgan fingerprint density at radius 3 is 3.05 bits per heavy atom. The lowest BCUT2D eigenvalue weighted by molar-refractivity contribution is -0.932. The lowest BCUT2D eigenvalue weighted by atomic mass is 9.79. The molecule has 1 aromatic carbocycles. The normalized spacial score (nSPS) is 36.6. The minimum Gasteiger partial charge on any atom is -0.353 e. The van der Waals surface area contributed by atoms with Crippen molar-refractivity contribution in [1.29, 1.82) is 0 Å². The molecule has 3 heteroatoms. The van der Waals surface area contributed by atoms with E-state index in [9.17, 15) is 0 Å². The van der Waals surface area contributed by atoms with Gasteiger partial charge in [-0.15, -0.1) is 0 Å². The van der Waals surface area contributed by atoms with Gasteiger partial charge in [0.1, 0.15) is 6.04 Å². The van der Waals surface area contributed by atoms with E-state index in [0.29, 0.717) is 12.0 Å². The summed E-state index contributed by atoms with van der Waals surface area (Å²) in [5.74, 6) is 1.50. The zero-order chi connectivity index (χ0) is 14.9. The standard InChI is InChI=1S/C19H22ClN2/c1-22-9-8-15-14-4-2-3-5-17(14)21-18(15)19(22)16-10-13(20)7-6-12(16)11-22/h2-5,7,12,16,19,21H,6,8-11H2,1H3/q+1/t12-,16-,19-,22?/m1/s1. The van der Waals surface area contributed by atoms with Gasteiger partial charge in [-0.1, -0.05) is 35.9 Å². The van der Waals surface area contributed by atoms with Crippen LogP contribution in [0.4, 0.5) is 0 Å². The van der Waals surface area contributed by atoms with Crippen LogP contribution in [0.1, 0.15) is 30.1 Å². The summed E-state index contributed by atoms with van der Waals surface area (Å²) < 4.78 is 1.20. The maximum Gasteiger partial charge on any atom is 0.133 e. The van der Waals surface area contributed by atoms with Gasteiger partial charge < -0.3 is 9.47 Å². The van der Waals surface area contributed by atoms with Gasteiger partial charge in [0.2, 0.25) is 0 Å². The molecule has 1 N–H and O–H groups in total. The quantitative estimate of drug-likeness (QED) is 0.695. The first-order valence-corrected chi connectivity index (χ1v) is 8.82. The summed E-state index contributed by atoms with van der Waals surface area (Å²) in [6.07, 6.45) is 5.70. The molecule has 2 aliphatic heterocycles. The van der Waals surface area contributed by atoms with E-state index in [0.717, 1.165) is 17.4 Å². The SMILES string of the molecule is C[N+]12CCc3c([nH]c4ccccc34)[C@H]1[C@@H]1CC(Cl)=CC[C@@H]1C2.